The van der Waals surface area contributed by atoms with Crippen LogP contribution in [0, 0.1) is 0 Å². The fraction of sp³-hybridized carbons (Fsp3) is 0.655. The number of benzene rings is 1. The third-order valence-corrected chi connectivity index (χ3v) is 12.4. The van der Waals surface area contributed by atoms with E-state index in [0.29, 0.717) is 13.0 Å². The van der Waals surface area contributed by atoms with Crippen LogP contribution in [0.5, 0.6) is 0 Å². The Morgan fingerprint density at radius 3 is 2.56 bits per heavy atom. The summed E-state index contributed by atoms with van der Waals surface area (Å²) in [5.74, 6) is -0.572. The summed E-state index contributed by atoms with van der Waals surface area (Å²) in [6.45, 7) is 16.1. The minimum absolute atomic E-state index is 0.000284. The first-order valence-corrected chi connectivity index (χ1v) is 15.9. The highest BCUT2D eigenvalue weighted by molar-refractivity contribution is 6.74. The Balaban J connectivity index is 1.66. The van der Waals surface area contributed by atoms with Crippen molar-refractivity contribution in [1.29, 1.82) is 0 Å². The highest BCUT2D eigenvalue weighted by Crippen LogP contribution is 2.44. The number of ether oxygens (including phenoxy) is 2. The Bertz CT molecular complexity index is 855. The topological polar surface area (TPSA) is 51.2 Å². The lowest BCUT2D eigenvalue weighted by Gasteiger charge is -2.39. The molecule has 1 fully saturated rings. The molecule has 5 heteroatoms. The van der Waals surface area contributed by atoms with E-state index in [0.717, 1.165) is 24.8 Å². The van der Waals surface area contributed by atoms with Crippen molar-refractivity contribution in [3.05, 3.63) is 59.2 Å². The van der Waals surface area contributed by atoms with Gasteiger partial charge in [0, 0.05) is 6.42 Å². The molecule has 1 aromatic rings. The first-order valence-electron chi connectivity index (χ1n) is 13.0. The zero-order valence-corrected chi connectivity index (χ0v) is 23.4. The second kappa shape index (κ2) is 11.2. The molecule has 3 rings (SSSR count). The fourth-order valence-corrected chi connectivity index (χ4v) is 5.59. The molecule has 1 N–H and O–H groups in total. The fourth-order valence-electron chi connectivity index (χ4n) is 4.24. The lowest BCUT2D eigenvalue weighted by atomic mass is 9.93. The van der Waals surface area contributed by atoms with Gasteiger partial charge in [-0.1, -0.05) is 63.3 Å². The van der Waals surface area contributed by atoms with Crippen molar-refractivity contribution in [2.24, 2.45) is 0 Å². The molecule has 34 heavy (non-hydrogen) atoms. The summed E-state index contributed by atoms with van der Waals surface area (Å²) in [6, 6.07) is 10.2. The van der Waals surface area contributed by atoms with Crippen LogP contribution in [0.2, 0.25) is 18.1 Å². The Morgan fingerprint density at radius 1 is 1.24 bits per heavy atom. The number of aliphatic hydroxyl groups excluding tert-OH is 1. The highest BCUT2D eigenvalue weighted by Gasteiger charge is 2.55. The molecule has 2 aliphatic rings. The zero-order chi connectivity index (χ0) is 25.0. The van der Waals surface area contributed by atoms with E-state index < -0.39 is 14.1 Å². The summed E-state index contributed by atoms with van der Waals surface area (Å²) in [4.78, 5) is 0. The van der Waals surface area contributed by atoms with Crippen LogP contribution in [0.1, 0.15) is 78.7 Å². The SMILES string of the molecule is C/C(=C\CC(O)C1=CCCCC1)[C@@H](C[C@H]1O[C@]1(C)OCc1ccccc1)O[Si](C)(C)C(C)(C)C. The molecule has 1 heterocycles. The van der Waals surface area contributed by atoms with Crippen molar-refractivity contribution in [2.75, 3.05) is 0 Å². The minimum Gasteiger partial charge on any atom is -0.410 e. The molecule has 0 spiro atoms. The molecule has 190 valence electrons. The van der Waals surface area contributed by atoms with Gasteiger partial charge < -0.3 is 19.0 Å². The van der Waals surface area contributed by atoms with Gasteiger partial charge in [-0.15, -0.1) is 0 Å². The molecule has 1 aliphatic heterocycles. The average molecular weight is 487 g/mol. The maximum absolute atomic E-state index is 10.7. The molecule has 0 aromatic heterocycles. The molecule has 1 unspecified atom stereocenters. The summed E-state index contributed by atoms with van der Waals surface area (Å²) in [6.07, 6.45) is 9.92. The smallest absolute Gasteiger partial charge is 0.192 e. The standard InChI is InChI=1S/C29H46O4Si/c1-22(18-19-25(30)24-16-12-9-13-17-24)26(33-34(6,7)28(2,3)4)20-27-29(5,32-27)31-21-23-14-10-8-11-15-23/h8,10-11,14-16,18,25-27,30H,9,12-13,17,19-21H2,1-7H3/b22-18+/t25?,26-,27-,29+/m1/s1. The largest absolute Gasteiger partial charge is 0.410 e. The van der Waals surface area contributed by atoms with Crippen molar-refractivity contribution in [2.45, 2.75) is 122 Å². The predicted octanol–water partition coefficient (Wildman–Crippen LogP) is 7.30. The Hall–Kier alpha value is -1.24. The number of hydrogen-bond acceptors (Lipinski definition) is 4. The van der Waals surface area contributed by atoms with E-state index in [-0.39, 0.29) is 23.4 Å². The number of allylic oxidation sites excluding steroid dienone is 1. The molecular weight excluding hydrogens is 440 g/mol. The molecular formula is C29H46O4Si. The number of hydrogen-bond donors (Lipinski definition) is 1. The number of epoxide rings is 1. The van der Waals surface area contributed by atoms with Crippen LogP contribution in [-0.4, -0.2) is 37.5 Å². The van der Waals surface area contributed by atoms with E-state index in [2.05, 4.69) is 65.1 Å². The molecule has 0 bridgehead atoms. The maximum Gasteiger partial charge on any atom is 0.192 e. The monoisotopic (exact) mass is 486 g/mol. The third kappa shape index (κ3) is 7.38. The zero-order valence-electron chi connectivity index (χ0n) is 22.4. The van der Waals surface area contributed by atoms with E-state index in [1.54, 1.807) is 0 Å². The van der Waals surface area contributed by atoms with Gasteiger partial charge in [-0.3, -0.25) is 0 Å². The number of rotatable bonds is 11. The van der Waals surface area contributed by atoms with Crippen LogP contribution in [0.4, 0.5) is 0 Å². The minimum atomic E-state index is -1.99. The molecule has 4 nitrogen and oxygen atoms in total. The summed E-state index contributed by atoms with van der Waals surface area (Å²) in [5.41, 5.74) is 3.53. The molecule has 1 aromatic carbocycles. The third-order valence-electron chi connectivity index (χ3n) is 7.87. The Kier molecular flexibility index (Phi) is 9.02. The van der Waals surface area contributed by atoms with E-state index in [1.807, 2.05) is 25.1 Å². The summed E-state index contributed by atoms with van der Waals surface area (Å²) in [7, 11) is -1.99. The summed E-state index contributed by atoms with van der Waals surface area (Å²) < 4.78 is 19.1. The van der Waals surface area contributed by atoms with Crippen LogP contribution in [-0.2, 0) is 20.5 Å². The summed E-state index contributed by atoms with van der Waals surface area (Å²) >= 11 is 0. The quantitative estimate of drug-likeness (QED) is 0.203. The van der Waals surface area contributed by atoms with E-state index in [1.165, 1.54) is 24.0 Å². The van der Waals surface area contributed by atoms with Gasteiger partial charge in [-0.25, -0.2) is 0 Å². The summed E-state index contributed by atoms with van der Waals surface area (Å²) in [5, 5.41) is 10.9. The van der Waals surface area contributed by atoms with Crippen molar-refractivity contribution in [3.8, 4) is 0 Å². The van der Waals surface area contributed by atoms with Gasteiger partial charge in [0.1, 0.15) is 6.10 Å². The van der Waals surface area contributed by atoms with Gasteiger partial charge in [0.25, 0.3) is 0 Å². The first kappa shape index (κ1) is 27.3. The normalized spacial score (nSPS) is 25.6. The van der Waals surface area contributed by atoms with Crippen LogP contribution < -0.4 is 0 Å². The van der Waals surface area contributed by atoms with E-state index in [9.17, 15) is 5.11 Å². The first-order chi connectivity index (χ1) is 15.9. The van der Waals surface area contributed by atoms with Gasteiger partial charge in [-0.2, -0.15) is 0 Å². The van der Waals surface area contributed by atoms with Crippen LogP contribution in [0.25, 0.3) is 0 Å². The van der Waals surface area contributed by atoms with Gasteiger partial charge in [0.2, 0.25) is 0 Å². The van der Waals surface area contributed by atoms with E-state index in [4.69, 9.17) is 13.9 Å². The second-order valence-electron chi connectivity index (χ2n) is 11.7. The van der Waals surface area contributed by atoms with Crippen LogP contribution >= 0.6 is 0 Å². The molecule has 4 atom stereocenters. The highest BCUT2D eigenvalue weighted by atomic mass is 28.4. The Labute approximate surface area is 208 Å². The van der Waals surface area contributed by atoms with Gasteiger partial charge in [0.15, 0.2) is 14.1 Å². The second-order valence-corrected chi connectivity index (χ2v) is 16.5. The molecule has 0 amide bonds. The number of aliphatic hydroxyl groups is 1. The van der Waals surface area contributed by atoms with Crippen molar-refractivity contribution < 1.29 is 19.0 Å². The van der Waals surface area contributed by atoms with Crippen molar-refractivity contribution in [3.63, 3.8) is 0 Å². The van der Waals surface area contributed by atoms with Crippen molar-refractivity contribution in [1.82, 2.24) is 0 Å². The van der Waals surface area contributed by atoms with Gasteiger partial charge >= 0.3 is 0 Å². The van der Waals surface area contributed by atoms with Crippen LogP contribution in [0.3, 0.4) is 0 Å². The van der Waals surface area contributed by atoms with Gasteiger partial charge in [0.05, 0.1) is 18.8 Å². The molecule has 0 saturated carbocycles. The Morgan fingerprint density at radius 2 is 1.94 bits per heavy atom. The predicted molar refractivity (Wildman–Crippen MR) is 142 cm³/mol. The van der Waals surface area contributed by atoms with Crippen molar-refractivity contribution >= 4 is 8.32 Å². The lowest BCUT2D eigenvalue weighted by Crippen LogP contribution is -2.44. The lowest BCUT2D eigenvalue weighted by molar-refractivity contribution is -0.0408. The maximum atomic E-state index is 10.7. The van der Waals surface area contributed by atoms with Crippen LogP contribution in [0.15, 0.2) is 53.6 Å². The average Bonchev–Trinajstić information content (AvgIpc) is 3.45. The van der Waals surface area contributed by atoms with E-state index >= 15 is 0 Å². The molecule has 1 aliphatic carbocycles. The molecule has 0 radical (unpaired) electrons. The molecule has 1 saturated heterocycles. The van der Waals surface area contributed by atoms with Gasteiger partial charge in [-0.05, 0) is 80.8 Å².